The Balaban J connectivity index is 1.88. The number of halogens is 4. The number of anilines is 1. The van der Waals surface area contributed by atoms with E-state index >= 15 is 0 Å². The molecule has 2 aromatic carbocycles. The number of benzene rings is 2. The van der Waals surface area contributed by atoms with Gasteiger partial charge in [0.05, 0.1) is 11.4 Å². The molecule has 0 bridgehead atoms. The number of rotatable bonds is 2. The summed E-state index contributed by atoms with van der Waals surface area (Å²) >= 11 is 0. The van der Waals surface area contributed by atoms with Crippen molar-refractivity contribution in [2.75, 3.05) is 5.32 Å². The van der Waals surface area contributed by atoms with Gasteiger partial charge in [0.2, 0.25) is 5.91 Å². The number of imidazole rings is 1. The van der Waals surface area contributed by atoms with Crippen molar-refractivity contribution in [3.63, 3.8) is 0 Å². The molecule has 1 unspecified atom stereocenters. The normalized spacial score (nSPS) is 16.3. The Bertz CT molecular complexity index is 1030. The van der Waals surface area contributed by atoms with Crippen LogP contribution in [-0.4, -0.2) is 15.5 Å². The highest BCUT2D eigenvalue weighted by molar-refractivity contribution is 5.94. The van der Waals surface area contributed by atoms with E-state index in [2.05, 4.69) is 10.3 Å². The van der Waals surface area contributed by atoms with Gasteiger partial charge in [-0.15, -0.1) is 0 Å². The summed E-state index contributed by atoms with van der Waals surface area (Å²) in [6.07, 6.45) is 1.06. The number of aromatic nitrogens is 2. The van der Waals surface area contributed by atoms with Gasteiger partial charge in [0, 0.05) is 24.0 Å². The molecule has 1 aliphatic rings. The Morgan fingerprint density at radius 3 is 2.69 bits per heavy atom. The van der Waals surface area contributed by atoms with Crippen molar-refractivity contribution < 1.29 is 22.4 Å². The van der Waals surface area contributed by atoms with E-state index in [1.807, 2.05) is 0 Å². The van der Waals surface area contributed by atoms with E-state index in [9.17, 15) is 22.4 Å². The molecule has 1 aliphatic heterocycles. The van der Waals surface area contributed by atoms with Crippen molar-refractivity contribution in [2.45, 2.75) is 12.3 Å². The number of hydrogen-bond acceptors (Lipinski definition) is 2. The summed E-state index contributed by atoms with van der Waals surface area (Å²) in [7, 11) is 0. The van der Waals surface area contributed by atoms with Crippen LogP contribution >= 0.6 is 0 Å². The fourth-order valence-electron chi connectivity index (χ4n) is 3.11. The number of carbonyl (C=O) groups is 1. The molecule has 26 heavy (non-hydrogen) atoms. The SMILES string of the molecule is O=C1CC(c2cccc(F)c2F)c2ncn(-c3cc(F)ccc3F)c2N1. The van der Waals surface area contributed by atoms with E-state index in [4.69, 9.17) is 0 Å². The molecule has 0 radical (unpaired) electrons. The largest absolute Gasteiger partial charge is 0.310 e. The lowest BCUT2D eigenvalue weighted by Gasteiger charge is -2.23. The second-order valence-electron chi connectivity index (χ2n) is 5.89. The minimum absolute atomic E-state index is 0.0222. The van der Waals surface area contributed by atoms with Crippen molar-refractivity contribution in [1.82, 2.24) is 9.55 Å². The highest BCUT2D eigenvalue weighted by Crippen LogP contribution is 2.38. The molecular weight excluding hydrogens is 350 g/mol. The molecule has 3 aromatic rings. The molecule has 0 aliphatic carbocycles. The van der Waals surface area contributed by atoms with E-state index in [1.165, 1.54) is 23.0 Å². The van der Waals surface area contributed by atoms with Crippen molar-refractivity contribution in [3.05, 3.63) is 77.3 Å². The molecular formula is C18H11F4N3O. The van der Waals surface area contributed by atoms with Gasteiger partial charge in [-0.25, -0.2) is 22.5 Å². The Morgan fingerprint density at radius 2 is 1.88 bits per heavy atom. The fraction of sp³-hybridized carbons (Fsp3) is 0.111. The number of nitrogens with one attached hydrogen (secondary N) is 1. The van der Waals surface area contributed by atoms with Gasteiger partial charge in [0.1, 0.15) is 23.8 Å². The number of amides is 1. The first-order valence-electron chi connectivity index (χ1n) is 7.72. The van der Waals surface area contributed by atoms with Crippen LogP contribution in [0.1, 0.15) is 23.6 Å². The van der Waals surface area contributed by atoms with Gasteiger partial charge in [-0.1, -0.05) is 12.1 Å². The molecule has 1 atom stereocenters. The van der Waals surface area contributed by atoms with Crippen molar-refractivity contribution in [3.8, 4) is 5.69 Å². The van der Waals surface area contributed by atoms with Crippen molar-refractivity contribution in [2.24, 2.45) is 0 Å². The van der Waals surface area contributed by atoms with Gasteiger partial charge in [-0.3, -0.25) is 9.36 Å². The second-order valence-corrected chi connectivity index (χ2v) is 5.89. The summed E-state index contributed by atoms with van der Waals surface area (Å²) in [5.74, 6) is -4.70. The molecule has 8 heteroatoms. The van der Waals surface area contributed by atoms with Crippen LogP contribution in [0.25, 0.3) is 5.69 Å². The summed E-state index contributed by atoms with van der Waals surface area (Å²) in [5, 5.41) is 2.54. The third-order valence-electron chi connectivity index (χ3n) is 4.30. The molecule has 0 saturated carbocycles. The van der Waals surface area contributed by atoms with E-state index in [-0.39, 0.29) is 29.2 Å². The van der Waals surface area contributed by atoms with Gasteiger partial charge in [0.15, 0.2) is 11.6 Å². The Morgan fingerprint density at radius 1 is 1.08 bits per heavy atom. The van der Waals surface area contributed by atoms with Crippen LogP contribution in [0.4, 0.5) is 23.4 Å². The van der Waals surface area contributed by atoms with Crippen LogP contribution in [0, 0.1) is 23.3 Å². The minimum atomic E-state index is -1.07. The fourth-order valence-corrected chi connectivity index (χ4v) is 3.11. The first kappa shape index (κ1) is 16.3. The molecule has 4 nitrogen and oxygen atoms in total. The van der Waals surface area contributed by atoms with Crippen molar-refractivity contribution >= 4 is 11.7 Å². The lowest BCUT2D eigenvalue weighted by atomic mass is 9.89. The van der Waals surface area contributed by atoms with Crippen LogP contribution in [0.15, 0.2) is 42.7 Å². The summed E-state index contributed by atoms with van der Waals surface area (Å²) < 4.78 is 56.6. The molecule has 1 amide bonds. The zero-order valence-corrected chi connectivity index (χ0v) is 13.1. The minimum Gasteiger partial charge on any atom is -0.310 e. The van der Waals surface area contributed by atoms with E-state index < -0.39 is 35.1 Å². The molecule has 4 rings (SSSR count). The molecule has 0 fully saturated rings. The number of carbonyl (C=O) groups excluding carboxylic acids is 1. The maximum absolute atomic E-state index is 14.2. The van der Waals surface area contributed by atoms with E-state index in [0.717, 1.165) is 24.3 Å². The van der Waals surface area contributed by atoms with Crippen LogP contribution in [0.2, 0.25) is 0 Å². The van der Waals surface area contributed by atoms with Crippen LogP contribution in [0.5, 0.6) is 0 Å². The van der Waals surface area contributed by atoms with Crippen LogP contribution in [-0.2, 0) is 4.79 Å². The maximum atomic E-state index is 14.2. The van der Waals surface area contributed by atoms with Crippen LogP contribution in [0.3, 0.4) is 0 Å². The lowest BCUT2D eigenvalue weighted by molar-refractivity contribution is -0.116. The predicted molar refractivity (Wildman–Crippen MR) is 84.9 cm³/mol. The van der Waals surface area contributed by atoms with E-state index in [0.29, 0.717) is 0 Å². The molecule has 1 aromatic heterocycles. The highest BCUT2D eigenvalue weighted by atomic mass is 19.2. The van der Waals surface area contributed by atoms with Crippen LogP contribution < -0.4 is 5.32 Å². The first-order chi connectivity index (χ1) is 12.5. The third-order valence-corrected chi connectivity index (χ3v) is 4.30. The van der Waals surface area contributed by atoms with Gasteiger partial charge < -0.3 is 5.32 Å². The summed E-state index contributed by atoms with van der Waals surface area (Å²) in [4.78, 5) is 16.2. The zero-order chi connectivity index (χ0) is 18.4. The summed E-state index contributed by atoms with van der Waals surface area (Å²) in [6, 6.07) is 6.55. The molecule has 0 spiro atoms. The quantitative estimate of drug-likeness (QED) is 0.704. The van der Waals surface area contributed by atoms with Gasteiger partial charge in [0.25, 0.3) is 0 Å². The maximum Gasteiger partial charge on any atom is 0.226 e. The number of hydrogen-bond donors (Lipinski definition) is 1. The molecule has 1 N–H and O–H groups in total. The Hall–Kier alpha value is -3.16. The average molecular weight is 361 g/mol. The monoisotopic (exact) mass is 361 g/mol. The summed E-state index contributed by atoms with van der Waals surface area (Å²) in [5.41, 5.74) is 0.0724. The lowest BCUT2D eigenvalue weighted by Crippen LogP contribution is -2.25. The first-order valence-corrected chi connectivity index (χ1v) is 7.72. The molecule has 0 saturated heterocycles. The summed E-state index contributed by atoms with van der Waals surface area (Å²) in [6.45, 7) is 0. The highest BCUT2D eigenvalue weighted by Gasteiger charge is 2.33. The standard InChI is InChI=1S/C18H11F4N3O/c19-9-4-5-12(20)14(6-9)25-8-23-17-11(7-15(26)24-18(17)25)10-2-1-3-13(21)16(10)22/h1-6,8,11H,7H2,(H,24,26). The number of nitrogens with zero attached hydrogens (tertiary/aromatic N) is 2. The zero-order valence-electron chi connectivity index (χ0n) is 13.1. The smallest absolute Gasteiger partial charge is 0.226 e. The molecule has 2 heterocycles. The average Bonchev–Trinajstić information content (AvgIpc) is 3.02. The Kier molecular flexibility index (Phi) is 3.75. The third kappa shape index (κ3) is 2.54. The Labute approximate surface area is 145 Å². The number of fused-ring (bicyclic) bond motifs is 1. The topological polar surface area (TPSA) is 46.9 Å². The van der Waals surface area contributed by atoms with E-state index in [1.54, 1.807) is 0 Å². The van der Waals surface area contributed by atoms with Gasteiger partial charge in [-0.2, -0.15) is 0 Å². The van der Waals surface area contributed by atoms with Crippen molar-refractivity contribution in [1.29, 1.82) is 0 Å². The molecule has 132 valence electrons. The predicted octanol–water partition coefficient (Wildman–Crippen LogP) is 3.90. The second kappa shape index (κ2) is 5.98. The van der Waals surface area contributed by atoms with Gasteiger partial charge in [-0.05, 0) is 18.2 Å². The van der Waals surface area contributed by atoms with Gasteiger partial charge >= 0.3 is 0 Å².